The van der Waals surface area contributed by atoms with Crippen LogP contribution in [0.1, 0.15) is 206 Å². The summed E-state index contributed by atoms with van der Waals surface area (Å²) in [6.45, 7) is 4.60. The molecule has 9 heteroatoms. The number of likely N-dealkylation sites (N-methyl/N-ethyl adjacent to an activating group) is 1. The maximum Gasteiger partial charge on any atom is 0.268 e. The Labute approximate surface area is 322 Å². The summed E-state index contributed by atoms with van der Waals surface area (Å²) < 4.78 is 23.1. The number of rotatable bonds is 40. The Morgan fingerprint density at radius 3 is 1.44 bits per heavy atom. The zero-order chi connectivity index (χ0) is 38.6. The molecule has 0 spiro atoms. The van der Waals surface area contributed by atoms with Crippen molar-refractivity contribution in [2.24, 2.45) is 0 Å². The van der Waals surface area contributed by atoms with Crippen LogP contribution < -0.4 is 10.2 Å². The van der Waals surface area contributed by atoms with E-state index in [-0.39, 0.29) is 19.1 Å². The van der Waals surface area contributed by atoms with E-state index in [1.54, 1.807) is 6.08 Å². The van der Waals surface area contributed by atoms with Gasteiger partial charge in [0.2, 0.25) is 5.91 Å². The van der Waals surface area contributed by atoms with Crippen molar-refractivity contribution < 1.29 is 32.9 Å². The summed E-state index contributed by atoms with van der Waals surface area (Å²) in [7, 11) is 1.27. The monoisotopic (exact) mass is 759 g/mol. The SMILES string of the molecule is CCCCCCCCCCCCCCCCCCCCCCC/C=C/C(O)C(COP(=O)([O-])OCC[N+](C)(C)C)NC(=O)CCCCCCCCC. The quantitative estimate of drug-likeness (QED) is 0.0279. The Balaban J connectivity index is 4.18. The maximum absolute atomic E-state index is 12.7. The fraction of sp³-hybridized carbons (Fsp3) is 0.930. The van der Waals surface area contributed by atoms with Gasteiger partial charge >= 0.3 is 0 Å². The molecule has 0 aliphatic heterocycles. The van der Waals surface area contributed by atoms with Crippen LogP contribution in [-0.4, -0.2) is 68.5 Å². The lowest BCUT2D eigenvalue weighted by Crippen LogP contribution is -2.45. The number of carbonyl (C=O) groups excluding carboxylic acids is 1. The van der Waals surface area contributed by atoms with Gasteiger partial charge < -0.3 is 28.8 Å². The average Bonchev–Trinajstić information content (AvgIpc) is 3.09. The number of allylic oxidation sites excluding steroid dienone is 1. The van der Waals surface area contributed by atoms with Crippen LogP contribution in [0, 0.1) is 0 Å². The fourth-order valence-corrected chi connectivity index (χ4v) is 7.17. The molecule has 3 atom stereocenters. The van der Waals surface area contributed by atoms with Gasteiger partial charge in [-0.25, -0.2) is 0 Å². The number of nitrogens with one attached hydrogen (secondary N) is 1. The van der Waals surface area contributed by atoms with Crippen molar-refractivity contribution in [3.63, 3.8) is 0 Å². The molecule has 0 aliphatic carbocycles. The first-order chi connectivity index (χ1) is 25.0. The van der Waals surface area contributed by atoms with Gasteiger partial charge in [-0.05, 0) is 19.3 Å². The predicted octanol–water partition coefficient (Wildman–Crippen LogP) is 11.3. The minimum atomic E-state index is -4.57. The second-order valence-electron chi connectivity index (χ2n) is 16.4. The number of amides is 1. The van der Waals surface area contributed by atoms with Crippen LogP contribution in [0.15, 0.2) is 12.2 Å². The molecule has 8 nitrogen and oxygen atoms in total. The van der Waals surface area contributed by atoms with Crippen LogP contribution in [0.25, 0.3) is 0 Å². The normalized spacial score (nSPS) is 14.5. The molecule has 0 saturated heterocycles. The first kappa shape index (κ1) is 51.2. The third-order valence-corrected chi connectivity index (χ3v) is 11.0. The summed E-state index contributed by atoms with van der Waals surface area (Å²) in [6.07, 6.45) is 40.0. The molecule has 3 unspecified atom stereocenters. The van der Waals surface area contributed by atoms with Crippen LogP contribution >= 0.6 is 7.82 Å². The Morgan fingerprint density at radius 1 is 0.654 bits per heavy atom. The van der Waals surface area contributed by atoms with E-state index in [0.717, 1.165) is 38.5 Å². The third-order valence-electron chi connectivity index (χ3n) is 10.00. The van der Waals surface area contributed by atoms with Crippen molar-refractivity contribution in [1.82, 2.24) is 5.32 Å². The van der Waals surface area contributed by atoms with Gasteiger partial charge in [-0.3, -0.25) is 9.36 Å². The van der Waals surface area contributed by atoms with E-state index in [2.05, 4.69) is 19.2 Å². The number of unbranched alkanes of at least 4 members (excludes halogenated alkanes) is 27. The zero-order valence-electron chi connectivity index (χ0n) is 35.0. The molecule has 52 heavy (non-hydrogen) atoms. The smallest absolute Gasteiger partial charge is 0.268 e. The Hall–Kier alpha value is -0.760. The molecule has 310 valence electrons. The van der Waals surface area contributed by atoms with Gasteiger partial charge in [-0.1, -0.05) is 193 Å². The largest absolute Gasteiger partial charge is 0.756 e. The highest BCUT2D eigenvalue weighted by Crippen LogP contribution is 2.38. The van der Waals surface area contributed by atoms with E-state index in [9.17, 15) is 19.4 Å². The Kier molecular flexibility index (Phi) is 35.4. The fourth-order valence-electron chi connectivity index (χ4n) is 6.45. The van der Waals surface area contributed by atoms with E-state index in [1.807, 2.05) is 27.2 Å². The summed E-state index contributed by atoms with van der Waals surface area (Å²) >= 11 is 0. The lowest BCUT2D eigenvalue weighted by atomic mass is 10.0. The van der Waals surface area contributed by atoms with Crippen LogP contribution in [0.4, 0.5) is 0 Å². The number of phosphoric ester groups is 1. The van der Waals surface area contributed by atoms with Crippen molar-refractivity contribution in [1.29, 1.82) is 0 Å². The van der Waals surface area contributed by atoms with E-state index in [1.165, 1.54) is 148 Å². The number of quaternary nitrogens is 1. The molecular weight excluding hydrogens is 671 g/mol. The highest BCUT2D eigenvalue weighted by molar-refractivity contribution is 7.45. The summed E-state index contributed by atoms with van der Waals surface area (Å²) in [5.74, 6) is -0.203. The van der Waals surface area contributed by atoms with Gasteiger partial charge in [0.25, 0.3) is 7.82 Å². The molecule has 0 aliphatic rings. The highest BCUT2D eigenvalue weighted by atomic mass is 31.2. The molecule has 0 radical (unpaired) electrons. The molecule has 0 rings (SSSR count). The number of carbonyl (C=O) groups is 1. The summed E-state index contributed by atoms with van der Waals surface area (Å²) in [5.41, 5.74) is 0. The van der Waals surface area contributed by atoms with E-state index in [0.29, 0.717) is 17.4 Å². The van der Waals surface area contributed by atoms with Gasteiger partial charge in [0.05, 0.1) is 39.9 Å². The number of phosphoric acid groups is 1. The second-order valence-corrected chi connectivity index (χ2v) is 17.8. The van der Waals surface area contributed by atoms with E-state index < -0.39 is 20.0 Å². The molecule has 0 fully saturated rings. The summed E-state index contributed by atoms with van der Waals surface area (Å²) in [6, 6.07) is -0.878. The van der Waals surface area contributed by atoms with Crippen LogP contribution in [-0.2, 0) is 18.4 Å². The number of hydrogen-bond donors (Lipinski definition) is 2. The minimum Gasteiger partial charge on any atom is -0.756 e. The number of aliphatic hydroxyl groups is 1. The third kappa shape index (κ3) is 37.6. The number of aliphatic hydroxyl groups excluding tert-OH is 1. The predicted molar refractivity (Wildman–Crippen MR) is 219 cm³/mol. The Bertz CT molecular complexity index is 865. The molecule has 2 N–H and O–H groups in total. The molecular formula is C43H87N2O6P. The second kappa shape index (κ2) is 35.9. The number of hydrogen-bond acceptors (Lipinski definition) is 6. The van der Waals surface area contributed by atoms with Gasteiger partial charge in [0.15, 0.2) is 0 Å². The van der Waals surface area contributed by atoms with E-state index in [4.69, 9.17) is 9.05 Å². The molecule has 0 aromatic heterocycles. The van der Waals surface area contributed by atoms with Crippen molar-refractivity contribution in [2.45, 2.75) is 219 Å². The van der Waals surface area contributed by atoms with Gasteiger partial charge in [-0.15, -0.1) is 0 Å². The first-order valence-corrected chi connectivity index (χ1v) is 23.5. The van der Waals surface area contributed by atoms with Crippen LogP contribution in [0.3, 0.4) is 0 Å². The zero-order valence-corrected chi connectivity index (χ0v) is 35.9. The topological polar surface area (TPSA) is 108 Å². The van der Waals surface area contributed by atoms with Crippen molar-refractivity contribution in [2.75, 3.05) is 40.9 Å². The minimum absolute atomic E-state index is 0.00151. The lowest BCUT2D eigenvalue weighted by Gasteiger charge is -2.29. The summed E-state index contributed by atoms with van der Waals surface area (Å²) in [4.78, 5) is 25.1. The molecule has 0 aromatic carbocycles. The molecule has 1 amide bonds. The summed E-state index contributed by atoms with van der Waals surface area (Å²) in [5, 5.41) is 13.7. The van der Waals surface area contributed by atoms with Gasteiger partial charge in [0.1, 0.15) is 13.2 Å². The standard InChI is InChI=1S/C43H87N2O6P/c1-6-8-10-12-14-15-16-17-18-19-20-21-22-23-24-25-26-27-28-29-31-32-34-36-42(46)41(40-51-52(48,49)50-39-38-45(3,4)5)44-43(47)37-35-33-30-13-11-9-7-2/h34,36,41-42,46H,6-33,35,37-40H2,1-5H3,(H-,44,47,48,49)/b36-34+. The van der Waals surface area contributed by atoms with Gasteiger partial charge in [-0.2, -0.15) is 0 Å². The van der Waals surface area contributed by atoms with E-state index >= 15 is 0 Å². The highest BCUT2D eigenvalue weighted by Gasteiger charge is 2.23. The molecule has 0 saturated carbocycles. The average molecular weight is 759 g/mol. The van der Waals surface area contributed by atoms with Crippen molar-refractivity contribution in [3.8, 4) is 0 Å². The van der Waals surface area contributed by atoms with Crippen LogP contribution in [0.5, 0.6) is 0 Å². The van der Waals surface area contributed by atoms with Gasteiger partial charge in [0, 0.05) is 6.42 Å². The number of nitrogens with zero attached hydrogens (tertiary/aromatic N) is 1. The van der Waals surface area contributed by atoms with Crippen molar-refractivity contribution >= 4 is 13.7 Å². The maximum atomic E-state index is 12.7. The first-order valence-electron chi connectivity index (χ1n) is 22.1. The molecule has 0 aromatic rings. The van der Waals surface area contributed by atoms with Crippen molar-refractivity contribution in [3.05, 3.63) is 12.2 Å². The molecule has 0 heterocycles. The molecule has 0 bridgehead atoms. The van der Waals surface area contributed by atoms with Crippen LogP contribution in [0.2, 0.25) is 0 Å². The Morgan fingerprint density at radius 2 is 1.04 bits per heavy atom. The lowest BCUT2D eigenvalue weighted by molar-refractivity contribution is -0.870.